The number of likely N-dealkylation sites (N-methyl/N-ethyl adjacent to an activating group) is 1. The monoisotopic (exact) mass is 281 g/mol. The molecule has 0 saturated heterocycles. The molecule has 0 saturated carbocycles. The highest BCUT2D eigenvalue weighted by Gasteiger charge is 2.23. The van der Waals surface area contributed by atoms with E-state index in [2.05, 4.69) is 39.2 Å². The third-order valence-electron chi connectivity index (χ3n) is 3.08. The summed E-state index contributed by atoms with van der Waals surface area (Å²) < 4.78 is 0. The molecule has 2 N–H and O–H groups in total. The normalized spacial score (nSPS) is 13.8. The van der Waals surface area contributed by atoms with E-state index in [1.165, 1.54) is 0 Å². The summed E-state index contributed by atoms with van der Waals surface area (Å²) in [6.45, 7) is 11.1. The van der Waals surface area contributed by atoms with Crippen molar-refractivity contribution >= 4 is 5.91 Å². The number of carbonyl (C=O) groups is 1. The zero-order valence-corrected chi connectivity index (χ0v) is 13.6. The van der Waals surface area contributed by atoms with Gasteiger partial charge in [-0.05, 0) is 20.0 Å². The van der Waals surface area contributed by atoms with Crippen molar-refractivity contribution in [1.82, 2.24) is 25.4 Å². The minimum atomic E-state index is -0.225. The van der Waals surface area contributed by atoms with E-state index in [1.807, 2.05) is 34.9 Å². The molecule has 1 heterocycles. The van der Waals surface area contributed by atoms with Gasteiger partial charge in [-0.1, -0.05) is 34.6 Å². The number of carbonyl (C=O) groups excluding carboxylic acids is 1. The average molecular weight is 281 g/mol. The van der Waals surface area contributed by atoms with Crippen molar-refractivity contribution in [3.05, 3.63) is 11.6 Å². The summed E-state index contributed by atoms with van der Waals surface area (Å²) in [6, 6.07) is 0.0779. The maximum absolute atomic E-state index is 12.2. The summed E-state index contributed by atoms with van der Waals surface area (Å²) in [5.41, 5.74) is -0.146. The molecule has 0 aromatic carbocycles. The smallest absolute Gasteiger partial charge is 0.291 e. The molecule has 0 fully saturated rings. The number of rotatable bonds is 5. The molecule has 1 unspecified atom stereocenters. The third kappa shape index (κ3) is 4.59. The van der Waals surface area contributed by atoms with Crippen LogP contribution in [0.15, 0.2) is 0 Å². The van der Waals surface area contributed by atoms with Crippen molar-refractivity contribution in [2.75, 3.05) is 20.6 Å². The maximum Gasteiger partial charge on any atom is 0.291 e. The zero-order chi connectivity index (χ0) is 15.5. The van der Waals surface area contributed by atoms with E-state index in [9.17, 15) is 4.79 Å². The lowest BCUT2D eigenvalue weighted by Crippen LogP contribution is -2.45. The molecule has 0 spiro atoms. The van der Waals surface area contributed by atoms with Gasteiger partial charge in [-0.2, -0.15) is 0 Å². The summed E-state index contributed by atoms with van der Waals surface area (Å²) in [5, 5.41) is 9.85. The van der Waals surface area contributed by atoms with Gasteiger partial charge >= 0.3 is 0 Å². The average Bonchev–Trinajstić information content (AvgIpc) is 2.75. The maximum atomic E-state index is 12.2. The molecule has 0 aliphatic heterocycles. The van der Waals surface area contributed by atoms with Crippen LogP contribution in [0.25, 0.3) is 0 Å². The van der Waals surface area contributed by atoms with E-state index in [4.69, 9.17) is 0 Å². The van der Waals surface area contributed by atoms with Crippen LogP contribution in [-0.4, -0.2) is 52.7 Å². The second kappa shape index (κ2) is 6.35. The van der Waals surface area contributed by atoms with Crippen LogP contribution >= 0.6 is 0 Å². The summed E-state index contributed by atoms with van der Waals surface area (Å²) >= 11 is 0. The highest BCUT2D eigenvalue weighted by Crippen LogP contribution is 2.17. The van der Waals surface area contributed by atoms with E-state index < -0.39 is 0 Å². The highest BCUT2D eigenvalue weighted by molar-refractivity contribution is 5.90. The summed E-state index contributed by atoms with van der Waals surface area (Å²) in [7, 11) is 3.98. The van der Waals surface area contributed by atoms with Gasteiger partial charge in [0.2, 0.25) is 5.82 Å². The van der Waals surface area contributed by atoms with Crippen LogP contribution in [0.2, 0.25) is 0 Å². The first-order chi connectivity index (χ1) is 9.11. The number of H-pyrrole nitrogens is 1. The molecular formula is C14H27N5O. The number of hydrogen-bond acceptors (Lipinski definition) is 4. The molecular weight excluding hydrogens is 254 g/mol. The SMILES string of the molecule is CC(C)C(CN(C)C)NC(=O)c1n[nH]c(C(C)(C)C)n1. The molecule has 114 valence electrons. The first-order valence-corrected chi connectivity index (χ1v) is 6.99. The topological polar surface area (TPSA) is 73.9 Å². The number of aromatic nitrogens is 3. The number of amides is 1. The Hall–Kier alpha value is -1.43. The lowest BCUT2D eigenvalue weighted by Gasteiger charge is -2.25. The Morgan fingerprint density at radius 1 is 1.35 bits per heavy atom. The molecule has 6 nitrogen and oxygen atoms in total. The molecule has 20 heavy (non-hydrogen) atoms. The second-order valence-corrected chi connectivity index (χ2v) is 6.84. The Morgan fingerprint density at radius 2 is 1.95 bits per heavy atom. The van der Waals surface area contributed by atoms with Crippen molar-refractivity contribution in [2.45, 2.75) is 46.1 Å². The predicted octanol–water partition coefficient (Wildman–Crippen LogP) is 1.42. The van der Waals surface area contributed by atoms with Gasteiger partial charge in [-0.15, -0.1) is 5.10 Å². The van der Waals surface area contributed by atoms with Crippen LogP contribution < -0.4 is 5.32 Å². The Bertz CT molecular complexity index is 445. The van der Waals surface area contributed by atoms with E-state index in [-0.39, 0.29) is 23.2 Å². The Morgan fingerprint density at radius 3 is 2.35 bits per heavy atom. The van der Waals surface area contributed by atoms with Gasteiger partial charge in [0.1, 0.15) is 5.82 Å². The van der Waals surface area contributed by atoms with Crippen LogP contribution in [-0.2, 0) is 5.41 Å². The van der Waals surface area contributed by atoms with Crippen molar-refractivity contribution < 1.29 is 4.79 Å². The van der Waals surface area contributed by atoms with Crippen LogP contribution in [0.3, 0.4) is 0 Å². The number of aromatic amines is 1. The van der Waals surface area contributed by atoms with Crippen LogP contribution in [0, 0.1) is 5.92 Å². The standard InChI is InChI=1S/C14H27N5O/c1-9(2)10(8-19(6)7)15-12(20)11-16-13(18-17-11)14(3,4)5/h9-10H,8H2,1-7H3,(H,15,20)(H,16,17,18). The molecule has 6 heteroatoms. The van der Waals surface area contributed by atoms with Gasteiger partial charge in [0.15, 0.2) is 0 Å². The summed E-state index contributed by atoms with van der Waals surface area (Å²) in [4.78, 5) is 18.5. The van der Waals surface area contributed by atoms with Crippen molar-refractivity contribution in [3.63, 3.8) is 0 Å². The van der Waals surface area contributed by atoms with E-state index in [0.29, 0.717) is 5.92 Å². The lowest BCUT2D eigenvalue weighted by molar-refractivity contribution is 0.0906. The molecule has 1 rings (SSSR count). The highest BCUT2D eigenvalue weighted by atomic mass is 16.2. The molecule has 0 aliphatic rings. The quantitative estimate of drug-likeness (QED) is 0.856. The van der Waals surface area contributed by atoms with E-state index in [0.717, 1.165) is 12.4 Å². The molecule has 0 bridgehead atoms. The number of hydrogen-bond donors (Lipinski definition) is 2. The molecule has 0 radical (unpaired) electrons. The second-order valence-electron chi connectivity index (χ2n) is 6.84. The molecule has 1 atom stereocenters. The van der Waals surface area contributed by atoms with Crippen molar-refractivity contribution in [2.24, 2.45) is 5.92 Å². The number of nitrogens with one attached hydrogen (secondary N) is 2. The fourth-order valence-electron chi connectivity index (χ4n) is 1.75. The van der Waals surface area contributed by atoms with Gasteiger partial charge in [0.05, 0.1) is 0 Å². The minimum Gasteiger partial charge on any atom is -0.345 e. The largest absolute Gasteiger partial charge is 0.345 e. The Balaban J connectivity index is 2.77. The Labute approximate surface area is 121 Å². The van der Waals surface area contributed by atoms with E-state index in [1.54, 1.807) is 0 Å². The zero-order valence-electron chi connectivity index (χ0n) is 13.6. The van der Waals surface area contributed by atoms with Crippen molar-refractivity contribution in [3.8, 4) is 0 Å². The first kappa shape index (κ1) is 16.6. The lowest BCUT2D eigenvalue weighted by atomic mass is 9.96. The molecule has 1 aromatic rings. The third-order valence-corrected chi connectivity index (χ3v) is 3.08. The first-order valence-electron chi connectivity index (χ1n) is 6.99. The van der Waals surface area contributed by atoms with Crippen LogP contribution in [0.4, 0.5) is 0 Å². The number of nitrogens with zero attached hydrogens (tertiary/aromatic N) is 3. The van der Waals surface area contributed by atoms with Crippen LogP contribution in [0.1, 0.15) is 51.1 Å². The van der Waals surface area contributed by atoms with Crippen LogP contribution in [0.5, 0.6) is 0 Å². The molecule has 1 amide bonds. The van der Waals surface area contributed by atoms with Crippen molar-refractivity contribution in [1.29, 1.82) is 0 Å². The summed E-state index contributed by atoms with van der Waals surface area (Å²) in [6.07, 6.45) is 0. The molecule has 0 aliphatic carbocycles. The van der Waals surface area contributed by atoms with Gasteiger partial charge in [0.25, 0.3) is 5.91 Å². The minimum absolute atomic E-state index is 0.0779. The van der Waals surface area contributed by atoms with Gasteiger partial charge in [-0.3, -0.25) is 9.89 Å². The van der Waals surface area contributed by atoms with Gasteiger partial charge < -0.3 is 10.2 Å². The predicted molar refractivity (Wildman–Crippen MR) is 79.7 cm³/mol. The van der Waals surface area contributed by atoms with E-state index >= 15 is 0 Å². The van der Waals surface area contributed by atoms with Gasteiger partial charge in [0, 0.05) is 18.0 Å². The fourth-order valence-corrected chi connectivity index (χ4v) is 1.75. The fraction of sp³-hybridized carbons (Fsp3) is 0.786. The van der Waals surface area contributed by atoms with Gasteiger partial charge in [-0.25, -0.2) is 4.98 Å². The molecule has 1 aromatic heterocycles. The summed E-state index contributed by atoms with van der Waals surface area (Å²) in [5.74, 6) is 1.05. The Kier molecular flexibility index (Phi) is 5.28.